The first-order valence-electron chi connectivity index (χ1n) is 15.5. The number of fused-ring (bicyclic) bond motifs is 3. The maximum Gasteiger partial charge on any atom is 0.228 e. The van der Waals surface area contributed by atoms with E-state index in [1.54, 1.807) is 0 Å². The van der Waals surface area contributed by atoms with Crippen LogP contribution in [0.4, 0.5) is 0 Å². The van der Waals surface area contributed by atoms with Crippen LogP contribution in [0, 0.1) is 12.3 Å². The van der Waals surface area contributed by atoms with Crippen LogP contribution in [0.3, 0.4) is 0 Å². The Balaban J connectivity index is 1.16. The summed E-state index contributed by atoms with van der Waals surface area (Å²) in [7, 11) is 0. The van der Waals surface area contributed by atoms with Crippen LogP contribution in [0.15, 0.2) is 67.3 Å². The van der Waals surface area contributed by atoms with Gasteiger partial charge in [0.15, 0.2) is 0 Å². The van der Waals surface area contributed by atoms with Gasteiger partial charge in [0.2, 0.25) is 5.91 Å². The van der Waals surface area contributed by atoms with Crippen molar-refractivity contribution in [2.45, 2.75) is 95.7 Å². The summed E-state index contributed by atoms with van der Waals surface area (Å²) >= 11 is 0. The molecule has 3 atom stereocenters. The van der Waals surface area contributed by atoms with Gasteiger partial charge in [-0.05, 0) is 87.9 Å². The quantitative estimate of drug-likeness (QED) is 0.288. The van der Waals surface area contributed by atoms with Crippen molar-refractivity contribution in [1.82, 2.24) is 19.4 Å². The monoisotopic (exact) mass is 538 g/mol. The number of amides is 1. The summed E-state index contributed by atoms with van der Waals surface area (Å²) < 4.78 is 2.53. The minimum atomic E-state index is -0.378. The summed E-state index contributed by atoms with van der Waals surface area (Å²) in [5, 5.41) is 0. The third-order valence-corrected chi connectivity index (χ3v) is 10.5. The van der Waals surface area contributed by atoms with Gasteiger partial charge in [-0.3, -0.25) is 9.69 Å². The van der Waals surface area contributed by atoms with Gasteiger partial charge in [0, 0.05) is 36.6 Å². The molecule has 0 N–H and O–H groups in total. The van der Waals surface area contributed by atoms with Crippen molar-refractivity contribution in [3.8, 4) is 0 Å². The highest BCUT2D eigenvalue weighted by atomic mass is 16.2. The van der Waals surface area contributed by atoms with E-state index < -0.39 is 0 Å². The molecule has 40 heavy (non-hydrogen) atoms. The molecule has 3 aliphatic heterocycles. The highest BCUT2D eigenvalue weighted by Crippen LogP contribution is 2.45. The van der Waals surface area contributed by atoms with Crippen LogP contribution in [0.2, 0.25) is 0 Å². The number of hydrogen-bond donors (Lipinski definition) is 0. The summed E-state index contributed by atoms with van der Waals surface area (Å²) in [4.78, 5) is 23.2. The average Bonchev–Trinajstić information content (AvgIpc) is 3.42. The van der Waals surface area contributed by atoms with E-state index >= 15 is 0 Å². The summed E-state index contributed by atoms with van der Waals surface area (Å²) in [5.41, 5.74) is 3.62. The molecule has 0 aliphatic carbocycles. The minimum absolute atomic E-state index is 0.133. The third kappa shape index (κ3) is 4.91. The SMILES string of the molecule is C=CCC(C)(C)C(=O)N1CCC(CCN2[C@@H]3CC[C@H]2CC(n2c(C)nc4ccccc42)C3)(c2ccccc2)CC1. The Morgan fingerprint density at radius 1 is 1.00 bits per heavy atom. The second kappa shape index (κ2) is 10.8. The van der Waals surface area contributed by atoms with Gasteiger partial charge in [0.1, 0.15) is 5.82 Å². The molecule has 1 amide bonds. The number of aryl methyl sites for hydroxylation is 1. The highest BCUT2D eigenvalue weighted by molar-refractivity contribution is 5.82. The Morgan fingerprint density at radius 2 is 1.65 bits per heavy atom. The lowest BCUT2D eigenvalue weighted by atomic mass is 9.70. The summed E-state index contributed by atoms with van der Waals surface area (Å²) in [6, 6.07) is 21.6. The van der Waals surface area contributed by atoms with Gasteiger partial charge in [-0.2, -0.15) is 0 Å². The second-order valence-corrected chi connectivity index (χ2v) is 13.3. The number of para-hydroxylation sites is 2. The number of hydrogen-bond acceptors (Lipinski definition) is 3. The zero-order valence-corrected chi connectivity index (χ0v) is 24.7. The van der Waals surface area contributed by atoms with Gasteiger partial charge in [-0.1, -0.05) is 62.4 Å². The van der Waals surface area contributed by atoms with Crippen molar-refractivity contribution < 1.29 is 4.79 Å². The molecule has 4 heterocycles. The lowest BCUT2D eigenvalue weighted by Crippen LogP contribution is -2.51. The molecule has 5 nitrogen and oxygen atoms in total. The van der Waals surface area contributed by atoms with Crippen LogP contribution in [-0.4, -0.2) is 57.0 Å². The Bertz CT molecular complexity index is 1340. The first-order valence-corrected chi connectivity index (χ1v) is 15.5. The first kappa shape index (κ1) is 27.3. The summed E-state index contributed by atoms with van der Waals surface area (Å²) in [6.07, 6.45) is 10.9. The Labute approximate surface area is 240 Å². The molecule has 3 aliphatic rings. The third-order valence-electron chi connectivity index (χ3n) is 10.5. The average molecular weight is 539 g/mol. The smallest absolute Gasteiger partial charge is 0.228 e. The Hall–Kier alpha value is -2.92. The van der Waals surface area contributed by atoms with Gasteiger partial charge in [0.25, 0.3) is 0 Å². The van der Waals surface area contributed by atoms with E-state index in [1.807, 2.05) is 6.08 Å². The van der Waals surface area contributed by atoms with Gasteiger partial charge in [-0.15, -0.1) is 6.58 Å². The molecule has 2 bridgehead atoms. The normalized spacial score (nSPS) is 24.9. The van der Waals surface area contributed by atoms with Crippen molar-refractivity contribution in [3.05, 3.63) is 78.6 Å². The van der Waals surface area contributed by atoms with Crippen molar-refractivity contribution in [1.29, 1.82) is 0 Å². The number of allylic oxidation sites excluding steroid dienone is 1. The van der Waals surface area contributed by atoms with E-state index in [2.05, 4.69) is 96.3 Å². The topological polar surface area (TPSA) is 41.4 Å². The maximum absolute atomic E-state index is 13.4. The number of imidazole rings is 1. The Morgan fingerprint density at radius 3 is 2.33 bits per heavy atom. The molecule has 0 spiro atoms. The molecule has 0 saturated carbocycles. The van der Waals surface area contributed by atoms with Crippen LogP contribution < -0.4 is 0 Å². The van der Waals surface area contributed by atoms with Gasteiger partial charge < -0.3 is 9.47 Å². The molecule has 1 aromatic heterocycles. The minimum Gasteiger partial charge on any atom is -0.342 e. The fourth-order valence-corrected chi connectivity index (χ4v) is 8.28. The number of rotatable bonds is 8. The molecule has 3 saturated heterocycles. The van der Waals surface area contributed by atoms with Crippen LogP contribution in [-0.2, 0) is 10.2 Å². The number of carbonyl (C=O) groups is 1. The zero-order valence-electron chi connectivity index (χ0n) is 24.7. The van der Waals surface area contributed by atoms with Gasteiger partial charge >= 0.3 is 0 Å². The van der Waals surface area contributed by atoms with Crippen molar-refractivity contribution in [3.63, 3.8) is 0 Å². The van der Waals surface area contributed by atoms with Crippen LogP contribution >= 0.6 is 0 Å². The number of piperidine rings is 2. The van der Waals surface area contributed by atoms with E-state index in [1.165, 1.54) is 43.2 Å². The fraction of sp³-hybridized carbons (Fsp3) is 0.543. The molecule has 2 aromatic carbocycles. The molecular formula is C35H46N4O. The van der Waals surface area contributed by atoms with Gasteiger partial charge in [0.05, 0.1) is 11.0 Å². The molecule has 3 aromatic rings. The van der Waals surface area contributed by atoms with Crippen LogP contribution in [0.5, 0.6) is 0 Å². The zero-order chi connectivity index (χ0) is 27.9. The standard InChI is InChI=1S/C35H46N4O/c1-5-17-34(3,4)33(40)37-21-18-35(19-22-37,27-11-7-6-8-12-27)20-23-38-28-15-16-29(38)25-30(24-28)39-26(2)36-31-13-9-10-14-32(31)39/h5-14,28-30H,1,15-25H2,2-4H3/t28-,29+,30?. The molecule has 5 heteroatoms. The number of benzene rings is 2. The summed E-state index contributed by atoms with van der Waals surface area (Å²) in [6.45, 7) is 13.0. The lowest BCUT2D eigenvalue weighted by molar-refractivity contribution is -0.142. The second-order valence-electron chi connectivity index (χ2n) is 13.3. The van der Waals surface area contributed by atoms with E-state index in [0.717, 1.165) is 50.2 Å². The molecule has 212 valence electrons. The van der Waals surface area contributed by atoms with Crippen molar-refractivity contribution >= 4 is 16.9 Å². The Kier molecular flexibility index (Phi) is 7.37. The first-order chi connectivity index (χ1) is 19.3. The van der Waals surface area contributed by atoms with Crippen LogP contribution in [0.25, 0.3) is 11.0 Å². The lowest BCUT2D eigenvalue weighted by Gasteiger charge is -2.46. The number of likely N-dealkylation sites (tertiary alicyclic amines) is 1. The number of nitrogens with zero attached hydrogens (tertiary/aromatic N) is 4. The van der Waals surface area contributed by atoms with Crippen molar-refractivity contribution in [2.24, 2.45) is 5.41 Å². The summed E-state index contributed by atoms with van der Waals surface area (Å²) in [5.74, 6) is 1.43. The number of aromatic nitrogens is 2. The molecule has 0 radical (unpaired) electrons. The van der Waals surface area contributed by atoms with E-state index in [4.69, 9.17) is 4.98 Å². The van der Waals surface area contributed by atoms with Crippen LogP contribution in [0.1, 0.15) is 82.6 Å². The van der Waals surface area contributed by atoms with E-state index in [-0.39, 0.29) is 16.7 Å². The predicted molar refractivity (Wildman–Crippen MR) is 163 cm³/mol. The fourth-order valence-electron chi connectivity index (χ4n) is 8.28. The van der Waals surface area contributed by atoms with E-state index in [9.17, 15) is 4.79 Å². The van der Waals surface area contributed by atoms with Crippen molar-refractivity contribution in [2.75, 3.05) is 19.6 Å². The van der Waals surface area contributed by atoms with E-state index in [0.29, 0.717) is 18.1 Å². The molecular weight excluding hydrogens is 492 g/mol. The highest BCUT2D eigenvalue weighted by Gasteiger charge is 2.44. The molecule has 1 unspecified atom stereocenters. The largest absolute Gasteiger partial charge is 0.342 e. The molecule has 6 rings (SSSR count). The maximum atomic E-state index is 13.4. The predicted octanol–water partition coefficient (Wildman–Crippen LogP) is 7.07. The van der Waals surface area contributed by atoms with Gasteiger partial charge in [-0.25, -0.2) is 4.98 Å². The molecule has 3 fully saturated rings. The number of carbonyl (C=O) groups excluding carboxylic acids is 1.